The summed E-state index contributed by atoms with van der Waals surface area (Å²) in [7, 11) is 0. The summed E-state index contributed by atoms with van der Waals surface area (Å²) in [6.45, 7) is 9.01. The molecule has 2 aromatic carbocycles. The second kappa shape index (κ2) is 10.3. The van der Waals surface area contributed by atoms with Gasteiger partial charge in [-0.3, -0.25) is 9.78 Å². The Labute approximate surface area is 194 Å². The topological polar surface area (TPSA) is 60.2 Å². The molecule has 0 unspecified atom stereocenters. The van der Waals surface area contributed by atoms with Gasteiger partial charge in [0.25, 0.3) is 5.91 Å². The van der Waals surface area contributed by atoms with Crippen molar-refractivity contribution >= 4 is 16.9 Å². The molecule has 0 saturated heterocycles. The van der Waals surface area contributed by atoms with Gasteiger partial charge in [-0.05, 0) is 68.3 Å². The number of amides is 1. The largest absolute Gasteiger partial charge is 0.493 e. The third-order valence-corrected chi connectivity index (χ3v) is 5.93. The Morgan fingerprint density at radius 3 is 2.55 bits per heavy atom. The molecule has 4 aromatic rings. The fourth-order valence-electron chi connectivity index (χ4n) is 4.07. The van der Waals surface area contributed by atoms with Crippen molar-refractivity contribution in [1.29, 1.82) is 0 Å². The van der Waals surface area contributed by atoms with Gasteiger partial charge >= 0.3 is 0 Å². The van der Waals surface area contributed by atoms with E-state index in [0.717, 1.165) is 42.2 Å². The molecule has 3 heterocycles. The number of carbonyl (C=O) groups is 1. The average Bonchev–Trinajstić information content (AvgIpc) is 3.45. The highest BCUT2D eigenvalue weighted by atomic mass is 16.5. The summed E-state index contributed by atoms with van der Waals surface area (Å²) in [4.78, 5) is 23.0. The maximum Gasteiger partial charge on any atom is 0.253 e. The van der Waals surface area contributed by atoms with Crippen LogP contribution in [0.1, 0.15) is 41.2 Å². The van der Waals surface area contributed by atoms with E-state index in [2.05, 4.69) is 20.6 Å². The first-order chi connectivity index (χ1) is 16.1. The molecule has 6 nitrogen and oxygen atoms in total. The highest BCUT2D eigenvalue weighted by molar-refractivity contribution is 5.97. The van der Waals surface area contributed by atoms with Crippen LogP contribution in [-0.4, -0.2) is 45.0 Å². The van der Waals surface area contributed by atoms with Crippen LogP contribution >= 0.6 is 0 Å². The van der Waals surface area contributed by atoms with Crippen LogP contribution in [0, 0.1) is 6.92 Å². The molecule has 1 amide bonds. The highest BCUT2D eigenvalue weighted by Crippen LogP contribution is 2.23. The number of benzene rings is 2. The number of pyridine rings is 1. The smallest absolute Gasteiger partial charge is 0.253 e. The predicted molar refractivity (Wildman–Crippen MR) is 131 cm³/mol. The number of para-hydroxylation sites is 1. The van der Waals surface area contributed by atoms with Gasteiger partial charge in [-0.2, -0.15) is 0 Å². The van der Waals surface area contributed by atoms with Gasteiger partial charge in [0.2, 0.25) is 0 Å². The fourth-order valence-corrected chi connectivity index (χ4v) is 4.07. The molecule has 0 spiro atoms. The lowest BCUT2D eigenvalue weighted by molar-refractivity contribution is 0.0773. The van der Waals surface area contributed by atoms with Crippen molar-refractivity contribution in [2.45, 2.75) is 33.7 Å². The summed E-state index contributed by atoms with van der Waals surface area (Å²) in [5.74, 6) is 2.06. The van der Waals surface area contributed by atoms with Crippen molar-refractivity contribution in [2.24, 2.45) is 0 Å². The summed E-state index contributed by atoms with van der Waals surface area (Å²) < 4.78 is 7.46. The standard InChI is InChI=1S/C19H22N4O.C8H8O/c1-4-22(5-2)19(24)16-6-7-18-17(12-16)21-14(3)23(18)13-15-8-10-20-11-9-15;1-2-4-8-7(3-1)5-6-9-8/h6-12H,4-5,13H2,1-3H3;1-4H,5-6H2. The van der Waals surface area contributed by atoms with Crippen LogP contribution in [0.15, 0.2) is 67.0 Å². The van der Waals surface area contributed by atoms with Crippen molar-refractivity contribution in [3.8, 4) is 5.75 Å². The Bertz CT molecular complexity index is 1210. The van der Waals surface area contributed by atoms with Crippen molar-refractivity contribution in [3.63, 3.8) is 0 Å². The minimum Gasteiger partial charge on any atom is -0.493 e. The number of fused-ring (bicyclic) bond motifs is 2. The van der Waals surface area contributed by atoms with Crippen molar-refractivity contribution < 1.29 is 9.53 Å². The van der Waals surface area contributed by atoms with Crippen LogP contribution in [0.5, 0.6) is 5.75 Å². The number of aromatic nitrogens is 3. The third-order valence-electron chi connectivity index (χ3n) is 5.93. The third kappa shape index (κ3) is 5.06. The number of aryl methyl sites for hydroxylation is 1. The lowest BCUT2D eigenvalue weighted by atomic mass is 10.1. The van der Waals surface area contributed by atoms with Crippen LogP contribution in [0.2, 0.25) is 0 Å². The summed E-state index contributed by atoms with van der Waals surface area (Å²) in [6.07, 6.45) is 4.67. The minimum atomic E-state index is 0.0586. The second-order valence-corrected chi connectivity index (χ2v) is 7.99. The monoisotopic (exact) mass is 442 g/mol. The number of imidazole rings is 1. The van der Waals surface area contributed by atoms with Crippen molar-refractivity contribution in [2.75, 3.05) is 19.7 Å². The fraction of sp³-hybridized carbons (Fsp3) is 0.296. The quantitative estimate of drug-likeness (QED) is 0.441. The first-order valence-corrected chi connectivity index (χ1v) is 11.5. The molecule has 5 rings (SSSR count). The molecule has 0 radical (unpaired) electrons. The zero-order valence-electron chi connectivity index (χ0n) is 19.5. The van der Waals surface area contributed by atoms with E-state index < -0.39 is 0 Å². The molecule has 0 saturated carbocycles. The van der Waals surface area contributed by atoms with Gasteiger partial charge in [0.05, 0.1) is 17.6 Å². The van der Waals surface area contributed by atoms with Crippen LogP contribution < -0.4 is 4.74 Å². The van der Waals surface area contributed by atoms with E-state index in [9.17, 15) is 4.79 Å². The zero-order chi connectivity index (χ0) is 23.2. The Hall–Kier alpha value is -3.67. The van der Waals surface area contributed by atoms with Crippen LogP contribution in [-0.2, 0) is 13.0 Å². The van der Waals surface area contributed by atoms with E-state index in [1.807, 2.05) is 74.2 Å². The molecular formula is C27H30N4O2. The van der Waals surface area contributed by atoms with Gasteiger partial charge < -0.3 is 14.2 Å². The van der Waals surface area contributed by atoms with Crippen LogP contribution in [0.3, 0.4) is 0 Å². The van der Waals surface area contributed by atoms with Gasteiger partial charge in [-0.15, -0.1) is 0 Å². The first kappa shape index (κ1) is 22.5. The molecule has 0 fully saturated rings. The van der Waals surface area contributed by atoms with E-state index in [4.69, 9.17) is 4.74 Å². The SMILES string of the molecule is CCN(CC)C(=O)c1ccc2c(c1)nc(C)n2Cc1ccncc1.c1ccc2c(c1)CCO2. The van der Waals surface area contributed by atoms with Gasteiger partial charge in [-0.25, -0.2) is 4.98 Å². The van der Waals surface area contributed by atoms with E-state index in [1.54, 1.807) is 12.4 Å². The van der Waals surface area contributed by atoms with Crippen LogP contribution in [0.4, 0.5) is 0 Å². The molecule has 0 atom stereocenters. The molecule has 0 N–H and O–H groups in total. The van der Waals surface area contributed by atoms with E-state index in [-0.39, 0.29) is 5.91 Å². The number of nitrogens with zero attached hydrogens (tertiary/aromatic N) is 4. The van der Waals surface area contributed by atoms with E-state index in [0.29, 0.717) is 18.7 Å². The van der Waals surface area contributed by atoms with Crippen molar-refractivity contribution in [3.05, 3.63) is 89.5 Å². The summed E-state index contributed by atoms with van der Waals surface area (Å²) >= 11 is 0. The Balaban J connectivity index is 0.000000238. The number of ether oxygens (including phenoxy) is 1. The molecule has 0 bridgehead atoms. The molecule has 33 heavy (non-hydrogen) atoms. The van der Waals surface area contributed by atoms with Gasteiger partial charge in [0, 0.05) is 44.0 Å². The summed E-state index contributed by atoms with van der Waals surface area (Å²) in [5, 5.41) is 0. The number of hydrogen-bond donors (Lipinski definition) is 0. The van der Waals surface area contributed by atoms with Gasteiger partial charge in [0.1, 0.15) is 11.6 Å². The number of hydrogen-bond acceptors (Lipinski definition) is 4. The Kier molecular flexibility index (Phi) is 7.03. The summed E-state index contributed by atoms with van der Waals surface area (Å²) in [5.41, 5.74) is 5.12. The predicted octanol–water partition coefficient (Wildman–Crippen LogP) is 4.89. The van der Waals surface area contributed by atoms with Gasteiger partial charge in [0.15, 0.2) is 0 Å². The minimum absolute atomic E-state index is 0.0586. The molecule has 6 heteroatoms. The molecule has 1 aliphatic heterocycles. The van der Waals surface area contributed by atoms with Crippen molar-refractivity contribution in [1.82, 2.24) is 19.4 Å². The molecular weight excluding hydrogens is 412 g/mol. The zero-order valence-corrected chi connectivity index (χ0v) is 19.5. The number of rotatable bonds is 5. The highest BCUT2D eigenvalue weighted by Gasteiger charge is 2.15. The lowest BCUT2D eigenvalue weighted by Gasteiger charge is -2.18. The number of carbonyl (C=O) groups excluding carboxylic acids is 1. The normalized spacial score (nSPS) is 12.0. The van der Waals surface area contributed by atoms with E-state index in [1.165, 1.54) is 11.1 Å². The lowest BCUT2D eigenvalue weighted by Crippen LogP contribution is -2.30. The maximum absolute atomic E-state index is 12.5. The Morgan fingerprint density at radius 2 is 1.82 bits per heavy atom. The Morgan fingerprint density at radius 1 is 1.06 bits per heavy atom. The summed E-state index contributed by atoms with van der Waals surface area (Å²) in [6, 6.07) is 18.0. The second-order valence-electron chi connectivity index (χ2n) is 7.99. The maximum atomic E-state index is 12.5. The first-order valence-electron chi connectivity index (χ1n) is 11.5. The average molecular weight is 443 g/mol. The van der Waals surface area contributed by atoms with Crippen LogP contribution in [0.25, 0.3) is 11.0 Å². The molecule has 170 valence electrons. The molecule has 1 aliphatic rings. The van der Waals surface area contributed by atoms with Gasteiger partial charge in [-0.1, -0.05) is 18.2 Å². The van der Waals surface area contributed by atoms with E-state index >= 15 is 0 Å². The molecule has 0 aliphatic carbocycles. The molecule has 2 aromatic heterocycles.